The molecule has 0 spiro atoms. The van der Waals surface area contributed by atoms with Crippen molar-refractivity contribution in [2.45, 2.75) is 13.8 Å². The molecule has 10 aromatic carbocycles. The minimum absolute atomic E-state index is 0. The first kappa shape index (κ1) is 47.0. The number of aromatic nitrogens is 5. The molecule has 0 bridgehead atoms. The number of rotatable bonds is 5. The molecule has 0 amide bonds. The van der Waals surface area contributed by atoms with E-state index in [-0.39, 0.29) is 37.4 Å². The van der Waals surface area contributed by atoms with Crippen LogP contribution in [0.5, 0.6) is 0 Å². The molecule has 72 heavy (non-hydrogen) atoms. The number of fused-ring (bicyclic) bond motifs is 12. The molecule has 0 aliphatic carbocycles. The maximum absolute atomic E-state index is 13.6. The number of carboxylic acid groups (broad SMARTS) is 1. The van der Waals surface area contributed by atoms with Gasteiger partial charge < -0.3 is 14.2 Å². The maximum Gasteiger partial charge on any atom is 0.354 e. The van der Waals surface area contributed by atoms with Crippen LogP contribution in [0.3, 0.4) is 0 Å². The molecule has 1 N–H and O–H groups in total. The molecule has 0 aliphatic rings. The predicted octanol–water partition coefficient (Wildman–Crippen LogP) is 15.3. The standard InChI is InChI=1S/2C28H18FN2.C6H5NO2.Ir/c2*1-18-10-16-21(17-11-18)31-27-25-9-5-3-7-23(25)22-6-2-4-8-24(22)26(27)30-28(31)19-12-14-20(29)15-13-19;8-6(9)5-3-1-2-4-7-5;/h2*2-12,14-17H,1H3;1-4H,(H,8,9);/q2*-1;;. The van der Waals surface area contributed by atoms with E-state index >= 15 is 0 Å². The number of aromatic carboxylic acids is 1. The summed E-state index contributed by atoms with van der Waals surface area (Å²) in [5.74, 6) is -0.105. The van der Waals surface area contributed by atoms with Gasteiger partial charge >= 0.3 is 5.97 Å². The molecular weight excluding hydrogens is 1080 g/mol. The summed E-state index contributed by atoms with van der Waals surface area (Å²) in [6.45, 7) is 4.15. The van der Waals surface area contributed by atoms with Crippen molar-refractivity contribution < 1.29 is 38.8 Å². The van der Waals surface area contributed by atoms with Gasteiger partial charge in [0.15, 0.2) is 0 Å². The van der Waals surface area contributed by atoms with Crippen molar-refractivity contribution in [1.29, 1.82) is 0 Å². The number of hydrogen-bond donors (Lipinski definition) is 1. The van der Waals surface area contributed by atoms with E-state index < -0.39 is 5.97 Å². The largest absolute Gasteiger partial charge is 0.477 e. The van der Waals surface area contributed by atoms with Gasteiger partial charge in [-0.1, -0.05) is 139 Å². The molecule has 0 unspecified atom stereocenters. The number of imidazole rings is 2. The van der Waals surface area contributed by atoms with Crippen molar-refractivity contribution in [3.8, 4) is 34.2 Å². The van der Waals surface area contributed by atoms with Gasteiger partial charge in [-0.2, -0.15) is 0 Å². The third-order valence-corrected chi connectivity index (χ3v) is 12.6. The molecular formula is C62H41F2IrN5O2-2. The normalized spacial score (nSPS) is 11.1. The predicted molar refractivity (Wildman–Crippen MR) is 281 cm³/mol. The van der Waals surface area contributed by atoms with Gasteiger partial charge in [0, 0.05) is 70.9 Å². The average Bonchev–Trinajstić information content (AvgIpc) is 4.02. The summed E-state index contributed by atoms with van der Waals surface area (Å²) in [4.78, 5) is 23.9. The van der Waals surface area contributed by atoms with Gasteiger partial charge in [0.2, 0.25) is 0 Å². The zero-order valence-corrected chi connectivity index (χ0v) is 41.2. The zero-order chi connectivity index (χ0) is 48.6. The minimum atomic E-state index is -0.990. The molecule has 351 valence electrons. The van der Waals surface area contributed by atoms with Crippen LogP contribution in [0.2, 0.25) is 0 Å². The van der Waals surface area contributed by atoms with Gasteiger partial charge in [0.25, 0.3) is 0 Å². The van der Waals surface area contributed by atoms with Crippen molar-refractivity contribution in [3.05, 3.63) is 247 Å². The van der Waals surface area contributed by atoms with E-state index in [4.69, 9.17) is 15.1 Å². The Balaban J connectivity index is 0.000000140. The van der Waals surface area contributed by atoms with Crippen LogP contribution in [-0.4, -0.2) is 35.2 Å². The first-order valence-electron chi connectivity index (χ1n) is 23.0. The second-order valence-electron chi connectivity index (χ2n) is 17.2. The summed E-state index contributed by atoms with van der Waals surface area (Å²) in [6.07, 6.45) is 1.45. The molecule has 3 aromatic heterocycles. The van der Waals surface area contributed by atoms with Crippen LogP contribution in [0.4, 0.5) is 8.78 Å². The Morgan fingerprint density at radius 3 is 1.15 bits per heavy atom. The fourth-order valence-electron chi connectivity index (χ4n) is 9.24. The summed E-state index contributed by atoms with van der Waals surface area (Å²) in [7, 11) is 0. The molecule has 10 heteroatoms. The Morgan fingerprint density at radius 2 is 0.819 bits per heavy atom. The van der Waals surface area contributed by atoms with Crippen LogP contribution in [0.15, 0.2) is 206 Å². The van der Waals surface area contributed by atoms with E-state index in [0.29, 0.717) is 0 Å². The first-order chi connectivity index (χ1) is 34.7. The number of halogens is 2. The zero-order valence-electron chi connectivity index (χ0n) is 38.8. The summed E-state index contributed by atoms with van der Waals surface area (Å²) >= 11 is 0. The van der Waals surface area contributed by atoms with E-state index in [9.17, 15) is 13.6 Å². The van der Waals surface area contributed by atoms with E-state index in [2.05, 4.69) is 174 Å². The topological polar surface area (TPSA) is 85.8 Å². The van der Waals surface area contributed by atoms with Crippen molar-refractivity contribution in [2.75, 3.05) is 0 Å². The molecule has 0 fully saturated rings. The summed E-state index contributed by atoms with van der Waals surface area (Å²) in [5.41, 5.74) is 9.97. The molecule has 13 aromatic rings. The van der Waals surface area contributed by atoms with Crippen LogP contribution >= 0.6 is 0 Å². The van der Waals surface area contributed by atoms with Crippen molar-refractivity contribution in [3.63, 3.8) is 0 Å². The van der Waals surface area contributed by atoms with E-state index in [0.717, 1.165) is 77.8 Å². The van der Waals surface area contributed by atoms with Crippen LogP contribution < -0.4 is 0 Å². The van der Waals surface area contributed by atoms with E-state index in [1.54, 1.807) is 24.3 Å². The third kappa shape index (κ3) is 8.79. The van der Waals surface area contributed by atoms with Crippen molar-refractivity contribution >= 4 is 71.1 Å². The fraction of sp³-hybridized carbons (Fsp3) is 0.0323. The smallest absolute Gasteiger partial charge is 0.354 e. The van der Waals surface area contributed by atoms with Crippen LogP contribution in [0.25, 0.3) is 99.3 Å². The molecule has 7 nitrogen and oxygen atoms in total. The number of carboxylic acids is 1. The van der Waals surface area contributed by atoms with E-state index in [1.165, 1.54) is 69.2 Å². The Labute approximate surface area is 426 Å². The minimum Gasteiger partial charge on any atom is -0.477 e. The first-order valence-corrected chi connectivity index (χ1v) is 23.0. The number of hydrogen-bond acceptors (Lipinski definition) is 4. The van der Waals surface area contributed by atoms with Crippen LogP contribution in [0.1, 0.15) is 21.6 Å². The second kappa shape index (κ2) is 20.0. The van der Waals surface area contributed by atoms with Gasteiger partial charge in [0.05, 0.1) is 33.7 Å². The Morgan fingerprint density at radius 1 is 0.458 bits per heavy atom. The summed E-state index contributed by atoms with van der Waals surface area (Å²) in [6, 6.07) is 70.5. The molecule has 0 atom stereocenters. The number of benzene rings is 10. The number of nitrogens with zero attached hydrogens (tertiary/aromatic N) is 5. The maximum atomic E-state index is 13.6. The molecule has 13 rings (SSSR count). The van der Waals surface area contributed by atoms with Gasteiger partial charge in [0.1, 0.15) is 5.69 Å². The SMILES string of the molecule is Cc1ccc(-n2c(-c3[c-]cc(F)cc3)nc3c4ccccc4c4ccccc4c32)cc1.Cc1ccc(-n2c(-c3[c-]cc(F)cc3)nc3c4ccccc4c4ccccc4c32)cc1.O=C(O)c1ccccn1.[Ir]. The molecule has 0 aliphatic heterocycles. The summed E-state index contributed by atoms with van der Waals surface area (Å²) in [5, 5.41) is 17.5. The van der Waals surface area contributed by atoms with Crippen LogP contribution in [0, 0.1) is 37.6 Å². The van der Waals surface area contributed by atoms with Crippen molar-refractivity contribution in [1.82, 2.24) is 24.1 Å². The number of carbonyl (C=O) groups is 1. The average molecular weight is 1120 g/mol. The van der Waals surface area contributed by atoms with Gasteiger partial charge in [-0.15, -0.1) is 59.7 Å². The summed E-state index contributed by atoms with van der Waals surface area (Å²) < 4.78 is 31.6. The number of aryl methyl sites for hydroxylation is 2. The molecule has 0 saturated carbocycles. The third-order valence-electron chi connectivity index (χ3n) is 12.6. The quantitative estimate of drug-likeness (QED) is 0.137. The number of pyridine rings is 1. The molecule has 3 heterocycles. The van der Waals surface area contributed by atoms with Gasteiger partial charge in [-0.05, 0) is 71.8 Å². The van der Waals surface area contributed by atoms with Gasteiger partial charge in [-0.3, -0.25) is 18.7 Å². The van der Waals surface area contributed by atoms with Gasteiger partial charge in [-0.25, -0.2) is 9.78 Å². The van der Waals surface area contributed by atoms with E-state index in [1.807, 2.05) is 12.1 Å². The molecule has 1 radical (unpaired) electrons. The molecule has 0 saturated heterocycles. The Kier molecular flexibility index (Phi) is 13.0. The Hall–Kier alpha value is -8.69. The fourth-order valence-corrected chi connectivity index (χ4v) is 9.24. The van der Waals surface area contributed by atoms with Crippen molar-refractivity contribution in [2.24, 2.45) is 0 Å². The monoisotopic (exact) mass is 1120 g/mol. The van der Waals surface area contributed by atoms with Crippen LogP contribution in [-0.2, 0) is 20.1 Å². The Bertz CT molecular complexity index is 3860. The second-order valence-corrected chi connectivity index (χ2v) is 17.2.